The Labute approximate surface area is 99.9 Å². The highest BCUT2D eigenvalue weighted by Crippen LogP contribution is 2.28. The fraction of sp³-hybridized carbons (Fsp3) is 0.400. The van der Waals surface area contributed by atoms with Crippen LogP contribution in [0.4, 0.5) is 8.78 Å². The van der Waals surface area contributed by atoms with Crippen molar-refractivity contribution in [2.24, 2.45) is 0 Å². The average molecular weight is 294 g/mol. The lowest BCUT2D eigenvalue weighted by Crippen LogP contribution is -2.09. The Morgan fingerprint density at radius 2 is 2.25 bits per heavy atom. The molecule has 0 N–H and O–H groups in total. The van der Waals surface area contributed by atoms with Crippen LogP contribution in [-0.2, 0) is 16.0 Å². The van der Waals surface area contributed by atoms with Gasteiger partial charge in [-0.2, -0.15) is 0 Å². The first-order valence-electron chi connectivity index (χ1n) is 4.46. The molecule has 0 aliphatic rings. The Bertz CT molecular complexity index is 410. The number of hydrogen-bond acceptors (Lipinski definition) is 3. The molecule has 0 amide bonds. The monoisotopic (exact) mass is 293 g/mol. The Hall–Kier alpha value is -1.04. The van der Waals surface area contributed by atoms with Crippen LogP contribution in [0.3, 0.4) is 0 Å². The summed E-state index contributed by atoms with van der Waals surface area (Å²) in [5.41, 5.74) is 0.248. The lowest BCUT2D eigenvalue weighted by atomic mass is 10.0. The second kappa shape index (κ2) is 5.34. The normalized spacial score (nSPS) is 10.6. The van der Waals surface area contributed by atoms with Crippen LogP contribution in [0.1, 0.15) is 23.2 Å². The molecule has 1 aromatic rings. The molecule has 1 aromatic heterocycles. The van der Waals surface area contributed by atoms with E-state index in [9.17, 15) is 13.6 Å². The summed E-state index contributed by atoms with van der Waals surface area (Å²) in [5.74, 6) is -0.556. The van der Waals surface area contributed by atoms with E-state index in [4.69, 9.17) is 0 Å². The number of carbonyl (C=O) groups is 1. The topological polar surface area (TPSA) is 39.2 Å². The van der Waals surface area contributed by atoms with Gasteiger partial charge in [-0.05, 0) is 34.5 Å². The summed E-state index contributed by atoms with van der Waals surface area (Å²) in [7, 11) is 1.22. The van der Waals surface area contributed by atoms with Crippen LogP contribution >= 0.6 is 15.9 Å². The fourth-order valence-corrected chi connectivity index (χ4v) is 1.92. The maximum absolute atomic E-state index is 12.8. The van der Waals surface area contributed by atoms with E-state index in [1.54, 1.807) is 0 Å². The zero-order valence-corrected chi connectivity index (χ0v) is 10.3. The van der Waals surface area contributed by atoms with Crippen molar-refractivity contribution >= 4 is 21.9 Å². The van der Waals surface area contributed by atoms with Crippen molar-refractivity contribution in [2.75, 3.05) is 7.11 Å². The van der Waals surface area contributed by atoms with Gasteiger partial charge in [-0.3, -0.25) is 4.79 Å². The van der Waals surface area contributed by atoms with Crippen molar-refractivity contribution in [3.63, 3.8) is 0 Å². The van der Waals surface area contributed by atoms with Gasteiger partial charge >= 0.3 is 5.97 Å². The molecule has 0 unspecified atom stereocenters. The lowest BCUT2D eigenvalue weighted by Gasteiger charge is -2.11. The fourth-order valence-electron chi connectivity index (χ4n) is 1.38. The Morgan fingerprint density at radius 1 is 1.62 bits per heavy atom. The maximum atomic E-state index is 12.8. The van der Waals surface area contributed by atoms with Gasteiger partial charge in [0.1, 0.15) is 4.60 Å². The molecule has 0 saturated carbocycles. The molecule has 0 aliphatic carbocycles. The SMILES string of the molecule is COC(=O)Cc1cc(Br)nc(C)c1C(F)F. The number of carbonyl (C=O) groups excluding carboxylic acids is 1. The molecular weight excluding hydrogens is 284 g/mol. The van der Waals surface area contributed by atoms with Crippen LogP contribution in [0, 0.1) is 6.92 Å². The zero-order chi connectivity index (χ0) is 12.3. The van der Waals surface area contributed by atoms with Crippen LogP contribution in [0.15, 0.2) is 10.7 Å². The summed E-state index contributed by atoms with van der Waals surface area (Å²) in [6.07, 6.45) is -2.83. The maximum Gasteiger partial charge on any atom is 0.309 e. The summed E-state index contributed by atoms with van der Waals surface area (Å²) in [6, 6.07) is 1.41. The molecule has 3 nitrogen and oxygen atoms in total. The second-order valence-corrected chi connectivity index (χ2v) is 3.97. The highest BCUT2D eigenvalue weighted by molar-refractivity contribution is 9.10. The molecule has 0 spiro atoms. The third-order valence-electron chi connectivity index (χ3n) is 2.08. The first kappa shape index (κ1) is 13.0. The molecule has 88 valence electrons. The smallest absolute Gasteiger partial charge is 0.309 e. The van der Waals surface area contributed by atoms with E-state index in [0.717, 1.165) is 0 Å². The Morgan fingerprint density at radius 3 is 2.75 bits per heavy atom. The molecule has 0 saturated heterocycles. The first-order valence-corrected chi connectivity index (χ1v) is 5.26. The minimum Gasteiger partial charge on any atom is -0.469 e. The number of halogens is 3. The first-order chi connectivity index (χ1) is 7.45. The van der Waals surface area contributed by atoms with Gasteiger partial charge in [-0.1, -0.05) is 0 Å². The third kappa shape index (κ3) is 2.98. The molecule has 16 heavy (non-hydrogen) atoms. The van der Waals surface area contributed by atoms with E-state index in [1.165, 1.54) is 20.1 Å². The Kier molecular flexibility index (Phi) is 4.35. The molecule has 6 heteroatoms. The van der Waals surface area contributed by atoms with E-state index >= 15 is 0 Å². The van der Waals surface area contributed by atoms with Crippen molar-refractivity contribution in [1.82, 2.24) is 4.98 Å². The van der Waals surface area contributed by atoms with Gasteiger partial charge < -0.3 is 4.74 Å². The van der Waals surface area contributed by atoms with Gasteiger partial charge in [-0.25, -0.2) is 13.8 Å². The van der Waals surface area contributed by atoms with Gasteiger partial charge in [-0.15, -0.1) is 0 Å². The average Bonchev–Trinajstić information content (AvgIpc) is 2.15. The minimum absolute atomic E-state index is 0.182. The van der Waals surface area contributed by atoms with E-state index < -0.39 is 12.4 Å². The van der Waals surface area contributed by atoms with Crippen LogP contribution in [0.5, 0.6) is 0 Å². The molecule has 0 aliphatic heterocycles. The van der Waals surface area contributed by atoms with Crippen molar-refractivity contribution in [3.05, 3.63) is 27.5 Å². The van der Waals surface area contributed by atoms with Gasteiger partial charge in [0.05, 0.1) is 13.5 Å². The minimum atomic E-state index is -2.65. The highest BCUT2D eigenvalue weighted by Gasteiger charge is 2.19. The number of alkyl halides is 2. The number of ether oxygens (including phenoxy) is 1. The predicted molar refractivity (Wildman–Crippen MR) is 57.4 cm³/mol. The van der Waals surface area contributed by atoms with Crippen LogP contribution in [0.2, 0.25) is 0 Å². The molecule has 0 bridgehead atoms. The standard InChI is InChI=1S/C10H10BrF2NO2/c1-5-9(10(12)13)6(3-7(11)14-5)4-8(15)16-2/h3,10H,4H2,1-2H3. The van der Waals surface area contributed by atoms with Gasteiger partial charge in [0.25, 0.3) is 6.43 Å². The third-order valence-corrected chi connectivity index (χ3v) is 2.49. The molecule has 0 radical (unpaired) electrons. The molecule has 0 fully saturated rings. The second-order valence-electron chi connectivity index (χ2n) is 3.16. The summed E-state index contributed by atoms with van der Waals surface area (Å²) < 4.78 is 30.4. The van der Waals surface area contributed by atoms with E-state index in [-0.39, 0.29) is 23.2 Å². The number of pyridine rings is 1. The van der Waals surface area contributed by atoms with Crippen LogP contribution in [0.25, 0.3) is 0 Å². The predicted octanol–water partition coefficient (Wildman–Crippen LogP) is 2.81. The number of rotatable bonds is 3. The number of aromatic nitrogens is 1. The van der Waals surface area contributed by atoms with Gasteiger partial charge in [0.2, 0.25) is 0 Å². The molecule has 1 heterocycles. The Balaban J connectivity index is 3.18. The molecular formula is C10H10BrF2NO2. The largest absolute Gasteiger partial charge is 0.469 e. The number of methoxy groups -OCH3 is 1. The van der Waals surface area contributed by atoms with Crippen molar-refractivity contribution in [2.45, 2.75) is 19.8 Å². The zero-order valence-electron chi connectivity index (χ0n) is 8.76. The van der Waals surface area contributed by atoms with Crippen molar-refractivity contribution in [1.29, 1.82) is 0 Å². The number of esters is 1. The molecule has 1 rings (SSSR count). The summed E-state index contributed by atoms with van der Waals surface area (Å²) in [5, 5.41) is 0. The van der Waals surface area contributed by atoms with Crippen LogP contribution in [-0.4, -0.2) is 18.1 Å². The summed E-state index contributed by atoms with van der Waals surface area (Å²) in [4.78, 5) is 14.9. The lowest BCUT2D eigenvalue weighted by molar-refractivity contribution is -0.139. The molecule has 0 atom stereocenters. The van der Waals surface area contributed by atoms with E-state index in [2.05, 4.69) is 25.7 Å². The quantitative estimate of drug-likeness (QED) is 0.635. The van der Waals surface area contributed by atoms with Crippen molar-refractivity contribution < 1.29 is 18.3 Å². The van der Waals surface area contributed by atoms with E-state index in [0.29, 0.717) is 4.60 Å². The van der Waals surface area contributed by atoms with Gasteiger partial charge in [0, 0.05) is 11.3 Å². The van der Waals surface area contributed by atoms with Crippen LogP contribution < -0.4 is 0 Å². The number of hydrogen-bond donors (Lipinski definition) is 0. The van der Waals surface area contributed by atoms with Gasteiger partial charge in [0.15, 0.2) is 0 Å². The molecule has 0 aromatic carbocycles. The summed E-state index contributed by atoms with van der Waals surface area (Å²) >= 11 is 3.10. The van der Waals surface area contributed by atoms with Crippen molar-refractivity contribution in [3.8, 4) is 0 Å². The number of nitrogens with zero attached hydrogens (tertiary/aromatic N) is 1. The number of aryl methyl sites for hydroxylation is 1. The highest BCUT2D eigenvalue weighted by atomic mass is 79.9. The van der Waals surface area contributed by atoms with E-state index in [1.807, 2.05) is 0 Å². The summed E-state index contributed by atoms with van der Waals surface area (Å²) in [6.45, 7) is 1.48.